The summed E-state index contributed by atoms with van der Waals surface area (Å²) in [6, 6.07) is -0.280. The van der Waals surface area contributed by atoms with Gasteiger partial charge in [0.05, 0.1) is 5.60 Å². The van der Waals surface area contributed by atoms with Crippen molar-refractivity contribution >= 4 is 0 Å². The molecule has 0 aliphatic heterocycles. The van der Waals surface area contributed by atoms with E-state index in [1.165, 1.54) is 0 Å². The van der Waals surface area contributed by atoms with Gasteiger partial charge in [0.1, 0.15) is 6.04 Å². The number of hydrogen-bond donors (Lipinski definition) is 1. The molecule has 0 spiro atoms. The van der Waals surface area contributed by atoms with E-state index in [2.05, 4.69) is 5.18 Å². The van der Waals surface area contributed by atoms with Crippen LogP contribution in [0.3, 0.4) is 0 Å². The fourth-order valence-electron chi connectivity index (χ4n) is 1.60. The summed E-state index contributed by atoms with van der Waals surface area (Å²) in [6.07, 6.45) is 4.14. The van der Waals surface area contributed by atoms with Gasteiger partial charge in [0.25, 0.3) is 0 Å². The molecule has 0 aromatic heterocycles. The van der Waals surface area contributed by atoms with Gasteiger partial charge in [0.2, 0.25) is 0 Å². The fraction of sp³-hybridized carbons (Fsp3) is 0.800. The first kappa shape index (κ1) is 10.4. The predicted molar refractivity (Wildman–Crippen MR) is 52.3 cm³/mol. The molecular weight excluding hydrogens is 166 g/mol. The number of rotatable bonds is 2. The summed E-state index contributed by atoms with van der Waals surface area (Å²) in [7, 11) is 0. The van der Waals surface area contributed by atoms with Gasteiger partial charge in [-0.3, -0.25) is 0 Å². The second kappa shape index (κ2) is 3.58. The molecule has 1 rings (SSSR count). The van der Waals surface area contributed by atoms with E-state index in [9.17, 15) is 10.0 Å². The zero-order valence-corrected chi connectivity index (χ0v) is 8.40. The van der Waals surface area contributed by atoms with E-state index in [4.69, 9.17) is 0 Å². The van der Waals surface area contributed by atoms with E-state index in [-0.39, 0.29) is 17.9 Å². The van der Waals surface area contributed by atoms with Crippen LogP contribution in [0, 0.1) is 16.7 Å². The highest BCUT2D eigenvalue weighted by Crippen LogP contribution is 2.33. The topological polar surface area (TPSA) is 49.7 Å². The second-order valence-corrected chi connectivity index (χ2v) is 4.24. The Kier molecular flexibility index (Phi) is 2.86. The molecule has 0 radical (unpaired) electrons. The van der Waals surface area contributed by atoms with Crippen molar-refractivity contribution in [2.45, 2.75) is 38.8 Å². The fourth-order valence-corrected chi connectivity index (χ4v) is 1.60. The van der Waals surface area contributed by atoms with Crippen molar-refractivity contribution in [1.29, 1.82) is 0 Å². The Bertz CT molecular complexity index is 225. The van der Waals surface area contributed by atoms with Crippen molar-refractivity contribution in [3.8, 4) is 0 Å². The Morgan fingerprint density at radius 1 is 1.62 bits per heavy atom. The van der Waals surface area contributed by atoms with Crippen molar-refractivity contribution < 1.29 is 5.11 Å². The minimum Gasteiger partial charge on any atom is -0.385 e. The molecule has 1 aliphatic carbocycles. The van der Waals surface area contributed by atoms with Gasteiger partial charge in [-0.2, -0.15) is 4.91 Å². The smallest absolute Gasteiger partial charge is 0.101 e. The lowest BCUT2D eigenvalue weighted by molar-refractivity contribution is 0.0189. The van der Waals surface area contributed by atoms with Gasteiger partial charge < -0.3 is 5.11 Å². The predicted octanol–water partition coefficient (Wildman–Crippen LogP) is 2.10. The summed E-state index contributed by atoms with van der Waals surface area (Å²) in [5, 5.41) is 13.1. The van der Waals surface area contributed by atoms with Crippen molar-refractivity contribution in [2.75, 3.05) is 0 Å². The van der Waals surface area contributed by atoms with E-state index >= 15 is 0 Å². The van der Waals surface area contributed by atoms with Gasteiger partial charge in [0, 0.05) is 12.3 Å². The highest BCUT2D eigenvalue weighted by atomic mass is 16.3. The van der Waals surface area contributed by atoms with Crippen LogP contribution in [0.4, 0.5) is 0 Å². The van der Waals surface area contributed by atoms with Gasteiger partial charge >= 0.3 is 0 Å². The maximum atomic E-state index is 10.5. The molecule has 3 atom stereocenters. The first-order chi connectivity index (χ1) is 5.99. The Labute approximate surface area is 78.8 Å². The van der Waals surface area contributed by atoms with Gasteiger partial charge in [-0.15, -0.1) is 0 Å². The average molecular weight is 183 g/mol. The third-order valence-electron chi connectivity index (χ3n) is 2.97. The van der Waals surface area contributed by atoms with Crippen molar-refractivity contribution in [1.82, 2.24) is 0 Å². The Morgan fingerprint density at radius 2 is 2.23 bits per heavy atom. The van der Waals surface area contributed by atoms with Gasteiger partial charge in [-0.1, -0.05) is 38.1 Å². The minimum absolute atomic E-state index is 0.125. The first-order valence-electron chi connectivity index (χ1n) is 4.74. The number of nitrogens with zero attached hydrogens (tertiary/aromatic N) is 1. The lowest BCUT2D eigenvalue weighted by Gasteiger charge is -2.35. The molecule has 0 saturated carbocycles. The number of aliphatic hydroxyl groups is 1. The maximum Gasteiger partial charge on any atom is 0.101 e. The van der Waals surface area contributed by atoms with Crippen LogP contribution in [-0.4, -0.2) is 16.7 Å². The molecule has 0 aromatic rings. The van der Waals surface area contributed by atoms with Crippen LogP contribution in [0.1, 0.15) is 27.2 Å². The summed E-state index contributed by atoms with van der Waals surface area (Å²) in [4.78, 5) is 10.5. The van der Waals surface area contributed by atoms with Crippen LogP contribution in [0.2, 0.25) is 0 Å². The van der Waals surface area contributed by atoms with Gasteiger partial charge in [-0.25, -0.2) is 0 Å². The monoisotopic (exact) mass is 183 g/mol. The summed E-state index contributed by atoms with van der Waals surface area (Å²) in [5.41, 5.74) is -0.842. The molecule has 0 bridgehead atoms. The van der Waals surface area contributed by atoms with Crippen molar-refractivity contribution in [2.24, 2.45) is 17.0 Å². The van der Waals surface area contributed by atoms with Crippen LogP contribution in [0.25, 0.3) is 0 Å². The number of nitroso groups, excluding NO2 is 1. The molecule has 0 fully saturated rings. The Hall–Kier alpha value is -0.700. The molecule has 3 nitrogen and oxygen atoms in total. The Balaban J connectivity index is 2.84. The molecule has 1 N–H and O–H groups in total. The summed E-state index contributed by atoms with van der Waals surface area (Å²) in [6.45, 7) is 5.84. The quantitative estimate of drug-likeness (QED) is 0.526. The van der Waals surface area contributed by atoms with E-state index in [0.717, 1.165) is 0 Å². The summed E-state index contributed by atoms with van der Waals surface area (Å²) >= 11 is 0. The molecule has 0 aromatic carbocycles. The third-order valence-corrected chi connectivity index (χ3v) is 2.97. The largest absolute Gasteiger partial charge is 0.385 e. The van der Waals surface area contributed by atoms with Crippen LogP contribution >= 0.6 is 0 Å². The summed E-state index contributed by atoms with van der Waals surface area (Å²) < 4.78 is 0. The lowest BCUT2D eigenvalue weighted by Crippen LogP contribution is -2.40. The highest BCUT2D eigenvalue weighted by Gasteiger charge is 2.36. The zero-order chi connectivity index (χ0) is 10.1. The van der Waals surface area contributed by atoms with Crippen molar-refractivity contribution in [3.05, 3.63) is 17.1 Å². The summed E-state index contributed by atoms with van der Waals surface area (Å²) in [5.74, 6) is 0.275. The minimum atomic E-state index is -0.842. The molecule has 0 amide bonds. The molecule has 1 aliphatic rings. The molecule has 0 heterocycles. The molecule has 13 heavy (non-hydrogen) atoms. The normalized spacial score (nSPS) is 39.5. The van der Waals surface area contributed by atoms with E-state index < -0.39 is 5.60 Å². The average Bonchev–Trinajstić information content (AvgIpc) is 2.09. The maximum absolute atomic E-state index is 10.5. The third kappa shape index (κ3) is 1.97. The van der Waals surface area contributed by atoms with E-state index in [1.807, 2.05) is 32.9 Å². The van der Waals surface area contributed by atoms with Gasteiger partial charge in [0.15, 0.2) is 0 Å². The lowest BCUT2D eigenvalue weighted by atomic mass is 9.76. The standard InChI is InChI=1S/C10H17NO2/c1-7(2)10(12)5-4-8(3)9(6-10)11-13/h4-5,7-9,12H,6H2,1-3H3. The van der Waals surface area contributed by atoms with Crippen molar-refractivity contribution in [3.63, 3.8) is 0 Å². The molecule has 3 unspecified atom stereocenters. The van der Waals surface area contributed by atoms with E-state index in [0.29, 0.717) is 6.42 Å². The molecule has 3 heteroatoms. The van der Waals surface area contributed by atoms with Crippen LogP contribution < -0.4 is 0 Å². The first-order valence-corrected chi connectivity index (χ1v) is 4.74. The van der Waals surface area contributed by atoms with Crippen LogP contribution in [0.15, 0.2) is 17.3 Å². The second-order valence-electron chi connectivity index (χ2n) is 4.24. The Morgan fingerprint density at radius 3 is 2.69 bits per heavy atom. The molecule has 0 saturated heterocycles. The van der Waals surface area contributed by atoms with Gasteiger partial charge in [-0.05, 0) is 5.92 Å². The van der Waals surface area contributed by atoms with Crippen LogP contribution in [0.5, 0.6) is 0 Å². The highest BCUT2D eigenvalue weighted by molar-refractivity contribution is 5.12. The SMILES string of the molecule is CC1C=CC(O)(C(C)C)CC1N=O. The molecular formula is C10H17NO2. The van der Waals surface area contributed by atoms with Crippen LogP contribution in [-0.2, 0) is 0 Å². The zero-order valence-electron chi connectivity index (χ0n) is 8.40. The van der Waals surface area contributed by atoms with E-state index in [1.54, 1.807) is 0 Å². The molecule has 74 valence electrons. The number of hydrogen-bond acceptors (Lipinski definition) is 3.